The van der Waals surface area contributed by atoms with Gasteiger partial charge in [0, 0.05) is 21.9 Å². The Hall–Kier alpha value is -3.20. The van der Waals surface area contributed by atoms with Crippen molar-refractivity contribution in [2.75, 3.05) is 4.90 Å². The predicted octanol–water partition coefficient (Wildman–Crippen LogP) is 5.96. The first-order valence-electron chi connectivity index (χ1n) is 10.6. The van der Waals surface area contributed by atoms with E-state index in [4.69, 9.17) is 16.3 Å². The summed E-state index contributed by atoms with van der Waals surface area (Å²) in [5.41, 5.74) is 2.18. The number of fused-ring (bicyclic) bond motifs is 2. The fourth-order valence-corrected chi connectivity index (χ4v) is 6.55. The summed E-state index contributed by atoms with van der Waals surface area (Å²) in [6.07, 6.45) is 0.768. The molecular formula is C25H17ClN2O4S2. The minimum absolute atomic E-state index is 0.0524. The first kappa shape index (κ1) is 21.3. The summed E-state index contributed by atoms with van der Waals surface area (Å²) in [6.45, 7) is 1.98. The highest BCUT2D eigenvalue weighted by Crippen LogP contribution is 2.46. The maximum atomic E-state index is 13.3. The molecule has 0 bridgehead atoms. The van der Waals surface area contributed by atoms with Gasteiger partial charge in [-0.05, 0) is 60.3 Å². The molecule has 9 heteroatoms. The molecule has 170 valence electrons. The van der Waals surface area contributed by atoms with Crippen molar-refractivity contribution in [2.45, 2.75) is 25.5 Å². The second-order valence-electron chi connectivity index (χ2n) is 8.25. The zero-order valence-corrected chi connectivity index (χ0v) is 20.2. The highest BCUT2D eigenvalue weighted by atomic mass is 35.5. The number of thiazole rings is 1. The van der Waals surface area contributed by atoms with E-state index in [9.17, 15) is 14.7 Å². The summed E-state index contributed by atoms with van der Waals surface area (Å²) >= 11 is 8.82. The van der Waals surface area contributed by atoms with Crippen molar-refractivity contribution in [3.63, 3.8) is 0 Å². The number of aliphatic hydroxyl groups is 1. The minimum atomic E-state index is -0.778. The number of carbonyl (C=O) groups is 2. The summed E-state index contributed by atoms with van der Waals surface area (Å²) in [7, 11) is 0. The Morgan fingerprint density at radius 1 is 1.21 bits per heavy atom. The van der Waals surface area contributed by atoms with E-state index in [1.165, 1.54) is 27.6 Å². The third-order valence-electron chi connectivity index (χ3n) is 5.97. The lowest BCUT2D eigenvalue weighted by molar-refractivity contribution is -0.132. The van der Waals surface area contributed by atoms with Gasteiger partial charge in [-0.15, -0.1) is 11.3 Å². The van der Waals surface area contributed by atoms with Crippen LogP contribution in [0.5, 0.6) is 5.75 Å². The molecule has 1 amide bonds. The van der Waals surface area contributed by atoms with E-state index < -0.39 is 17.7 Å². The number of aliphatic hydroxyl groups excluding tert-OH is 1. The average molecular weight is 509 g/mol. The molecule has 4 aromatic rings. The van der Waals surface area contributed by atoms with E-state index in [0.29, 0.717) is 27.7 Å². The number of amides is 1. The summed E-state index contributed by atoms with van der Waals surface area (Å²) in [5.74, 6) is -0.889. The standard InChI is InChI=1S/C25H17ClN2O4S2/c1-12-9-14-10-13(4-7-17(14)32-12)22(29)20-21(18-3-2-8-33-18)28(24(31)23(20)30)25-27-16-6-5-15(26)11-19(16)34-25/h2-8,10-12,21,29H,9H2,1H3/b22-20-. The Balaban J connectivity index is 1.51. The smallest absolute Gasteiger partial charge is 0.301 e. The third kappa shape index (κ3) is 3.33. The van der Waals surface area contributed by atoms with E-state index in [1.54, 1.807) is 30.3 Å². The monoisotopic (exact) mass is 508 g/mol. The number of anilines is 1. The van der Waals surface area contributed by atoms with E-state index in [-0.39, 0.29) is 17.4 Å². The average Bonchev–Trinajstić information content (AvgIpc) is 3.58. The van der Waals surface area contributed by atoms with Crippen molar-refractivity contribution in [1.82, 2.24) is 4.98 Å². The van der Waals surface area contributed by atoms with Crippen LogP contribution < -0.4 is 9.64 Å². The molecule has 2 aromatic heterocycles. The Morgan fingerprint density at radius 3 is 2.85 bits per heavy atom. The first-order valence-corrected chi connectivity index (χ1v) is 12.7. The highest BCUT2D eigenvalue weighted by molar-refractivity contribution is 7.22. The van der Waals surface area contributed by atoms with E-state index in [2.05, 4.69) is 4.98 Å². The summed E-state index contributed by atoms with van der Waals surface area (Å²) in [5, 5.41) is 14.1. The predicted molar refractivity (Wildman–Crippen MR) is 134 cm³/mol. The molecule has 0 radical (unpaired) electrons. The Kier molecular flexibility index (Phi) is 4.98. The van der Waals surface area contributed by atoms with E-state index in [0.717, 1.165) is 20.9 Å². The van der Waals surface area contributed by atoms with Crippen LogP contribution in [0.15, 0.2) is 59.5 Å². The Labute approximate surface area is 207 Å². The van der Waals surface area contributed by atoms with Gasteiger partial charge in [-0.1, -0.05) is 29.0 Å². The van der Waals surface area contributed by atoms with Crippen molar-refractivity contribution in [3.8, 4) is 5.75 Å². The zero-order chi connectivity index (χ0) is 23.6. The van der Waals surface area contributed by atoms with Gasteiger partial charge >= 0.3 is 5.91 Å². The summed E-state index contributed by atoms with van der Waals surface area (Å²) in [6, 6.07) is 13.6. The normalized spacial score (nSPS) is 21.3. The molecule has 2 aromatic carbocycles. The molecule has 4 heterocycles. The fourth-order valence-electron chi connectivity index (χ4n) is 4.46. The van der Waals surface area contributed by atoms with Gasteiger partial charge in [0.1, 0.15) is 23.7 Å². The maximum Gasteiger partial charge on any atom is 0.301 e. The molecular weight excluding hydrogens is 492 g/mol. The lowest BCUT2D eigenvalue weighted by Gasteiger charge is -2.21. The van der Waals surface area contributed by atoms with Crippen LogP contribution in [-0.2, 0) is 16.0 Å². The molecule has 0 spiro atoms. The summed E-state index contributed by atoms with van der Waals surface area (Å²) in [4.78, 5) is 33.3. The quantitative estimate of drug-likeness (QED) is 0.210. The number of carbonyl (C=O) groups excluding carboxylic acids is 2. The second-order valence-corrected chi connectivity index (χ2v) is 10.7. The summed E-state index contributed by atoms with van der Waals surface area (Å²) < 4.78 is 6.56. The van der Waals surface area contributed by atoms with Crippen LogP contribution in [0.4, 0.5) is 5.13 Å². The molecule has 2 unspecified atom stereocenters. The highest BCUT2D eigenvalue weighted by Gasteiger charge is 2.48. The number of hydrogen-bond donors (Lipinski definition) is 1. The number of aromatic nitrogens is 1. The maximum absolute atomic E-state index is 13.3. The van der Waals surface area contributed by atoms with Crippen molar-refractivity contribution in [3.05, 3.63) is 80.5 Å². The van der Waals surface area contributed by atoms with Crippen molar-refractivity contribution in [1.29, 1.82) is 0 Å². The molecule has 0 saturated carbocycles. The van der Waals surface area contributed by atoms with Crippen LogP contribution in [0.2, 0.25) is 5.02 Å². The van der Waals surface area contributed by atoms with Gasteiger partial charge in [0.2, 0.25) is 0 Å². The number of ketones is 1. The Morgan fingerprint density at radius 2 is 2.06 bits per heavy atom. The molecule has 2 aliphatic heterocycles. The van der Waals surface area contributed by atoms with Crippen LogP contribution in [0, 0.1) is 0 Å². The van der Waals surface area contributed by atoms with Crippen molar-refractivity contribution in [2.24, 2.45) is 0 Å². The topological polar surface area (TPSA) is 79.7 Å². The largest absolute Gasteiger partial charge is 0.507 e. The number of thiophene rings is 1. The first-order chi connectivity index (χ1) is 16.4. The molecule has 1 fully saturated rings. The van der Waals surface area contributed by atoms with Crippen molar-refractivity contribution >= 4 is 67.1 Å². The van der Waals surface area contributed by atoms with Crippen LogP contribution in [0.1, 0.15) is 29.0 Å². The molecule has 6 rings (SSSR count). The molecule has 34 heavy (non-hydrogen) atoms. The lowest BCUT2D eigenvalue weighted by Crippen LogP contribution is -2.28. The molecule has 0 aliphatic carbocycles. The number of halogens is 1. The fraction of sp³-hybridized carbons (Fsp3) is 0.160. The Bertz CT molecular complexity index is 1510. The minimum Gasteiger partial charge on any atom is -0.507 e. The van der Waals surface area contributed by atoms with Crippen LogP contribution in [0.3, 0.4) is 0 Å². The number of nitrogens with zero attached hydrogens (tertiary/aromatic N) is 2. The van der Waals surface area contributed by atoms with Crippen LogP contribution >= 0.6 is 34.3 Å². The molecule has 1 N–H and O–H groups in total. The zero-order valence-electron chi connectivity index (χ0n) is 17.8. The van der Waals surface area contributed by atoms with E-state index >= 15 is 0 Å². The van der Waals surface area contributed by atoms with Crippen LogP contribution in [-0.4, -0.2) is 27.9 Å². The van der Waals surface area contributed by atoms with Gasteiger partial charge < -0.3 is 9.84 Å². The number of Topliss-reactive ketones (excluding diaryl/α,β-unsaturated/α-hetero) is 1. The second kappa shape index (κ2) is 7.94. The van der Waals surface area contributed by atoms with Gasteiger partial charge in [-0.25, -0.2) is 4.98 Å². The van der Waals surface area contributed by atoms with E-state index in [1.807, 2.05) is 30.5 Å². The third-order valence-corrected chi connectivity index (χ3v) is 8.15. The van der Waals surface area contributed by atoms with Gasteiger partial charge in [0.25, 0.3) is 5.78 Å². The van der Waals surface area contributed by atoms with Gasteiger partial charge in [0.15, 0.2) is 5.13 Å². The van der Waals surface area contributed by atoms with Crippen LogP contribution in [0.25, 0.3) is 16.0 Å². The number of hydrogen-bond acceptors (Lipinski definition) is 7. The lowest BCUT2D eigenvalue weighted by atomic mass is 9.98. The molecule has 1 saturated heterocycles. The molecule has 2 aliphatic rings. The SMILES string of the molecule is CC1Cc2cc(/C(O)=C3/C(=O)C(=O)N(c4nc5ccc(Cl)cc5s4)C3c3cccs3)ccc2O1. The van der Waals surface area contributed by atoms with Gasteiger partial charge in [-0.2, -0.15) is 0 Å². The number of benzene rings is 2. The molecule has 6 nitrogen and oxygen atoms in total. The van der Waals surface area contributed by atoms with Crippen molar-refractivity contribution < 1.29 is 19.4 Å². The van der Waals surface area contributed by atoms with Gasteiger partial charge in [-0.3, -0.25) is 14.5 Å². The number of ether oxygens (including phenoxy) is 1. The number of rotatable bonds is 3. The van der Waals surface area contributed by atoms with Gasteiger partial charge in [0.05, 0.1) is 15.8 Å². The molecule has 2 atom stereocenters.